The van der Waals surface area contributed by atoms with Crippen molar-refractivity contribution in [2.45, 2.75) is 64.8 Å². The summed E-state index contributed by atoms with van der Waals surface area (Å²) < 4.78 is 10.9. The molecule has 1 atom stereocenters. The molecule has 4 nitrogen and oxygen atoms in total. The molecule has 1 rings (SSSR count). The van der Waals surface area contributed by atoms with E-state index in [2.05, 4.69) is 5.32 Å². The van der Waals surface area contributed by atoms with E-state index in [-0.39, 0.29) is 5.97 Å². The molecule has 0 saturated heterocycles. The van der Waals surface area contributed by atoms with Crippen molar-refractivity contribution in [3.63, 3.8) is 0 Å². The van der Waals surface area contributed by atoms with Gasteiger partial charge in [-0.2, -0.15) is 0 Å². The van der Waals surface area contributed by atoms with Crippen LogP contribution in [0.4, 0.5) is 0 Å². The maximum Gasteiger partial charge on any atom is 0.326 e. The van der Waals surface area contributed by atoms with Gasteiger partial charge < -0.3 is 14.8 Å². The largest absolute Gasteiger partial charge is 0.465 e. The molecule has 1 aliphatic carbocycles. The van der Waals surface area contributed by atoms with Crippen LogP contribution >= 0.6 is 0 Å². The van der Waals surface area contributed by atoms with Crippen LogP contribution in [-0.4, -0.2) is 37.9 Å². The Kier molecular flexibility index (Phi) is 8.15. The molecule has 4 heteroatoms. The van der Waals surface area contributed by atoms with Gasteiger partial charge in [-0.05, 0) is 52.0 Å². The highest BCUT2D eigenvalue weighted by Gasteiger charge is 2.33. The Bertz CT molecular complexity index is 277. The van der Waals surface area contributed by atoms with Gasteiger partial charge in [0.2, 0.25) is 0 Å². The van der Waals surface area contributed by atoms with E-state index in [1.165, 1.54) is 25.7 Å². The molecule has 1 aliphatic rings. The van der Waals surface area contributed by atoms with Crippen LogP contribution in [0.2, 0.25) is 0 Å². The third-order valence-corrected chi connectivity index (χ3v) is 4.09. The number of ether oxygens (including phenoxy) is 2. The van der Waals surface area contributed by atoms with Crippen molar-refractivity contribution >= 4 is 5.97 Å². The molecule has 0 aliphatic heterocycles. The molecule has 1 N–H and O–H groups in total. The molecule has 0 aromatic carbocycles. The van der Waals surface area contributed by atoms with Crippen LogP contribution in [0.3, 0.4) is 0 Å². The lowest BCUT2D eigenvalue weighted by molar-refractivity contribution is -0.151. The Balaban J connectivity index is 2.22. The number of carbonyl (C=O) groups excluding carboxylic acids is 1. The van der Waals surface area contributed by atoms with Crippen molar-refractivity contribution < 1.29 is 14.3 Å². The highest BCUT2D eigenvalue weighted by molar-refractivity contribution is 5.80. The third-order valence-electron chi connectivity index (χ3n) is 4.09. The predicted molar refractivity (Wildman–Crippen MR) is 80.7 cm³/mol. The minimum absolute atomic E-state index is 0.155. The van der Waals surface area contributed by atoms with Crippen molar-refractivity contribution in [1.82, 2.24) is 5.32 Å². The second kappa shape index (κ2) is 9.35. The van der Waals surface area contributed by atoms with Crippen molar-refractivity contribution in [3.05, 3.63) is 0 Å². The number of rotatable bonds is 10. The van der Waals surface area contributed by atoms with Crippen LogP contribution in [0.1, 0.15) is 59.3 Å². The van der Waals surface area contributed by atoms with Crippen LogP contribution in [-0.2, 0) is 14.3 Å². The monoisotopic (exact) mass is 285 g/mol. The van der Waals surface area contributed by atoms with Crippen LogP contribution < -0.4 is 5.32 Å². The van der Waals surface area contributed by atoms with E-state index in [9.17, 15) is 4.79 Å². The van der Waals surface area contributed by atoms with Gasteiger partial charge in [0, 0.05) is 13.2 Å². The number of likely N-dealkylation sites (N-methyl/N-ethyl adjacent to an activating group) is 1. The van der Waals surface area contributed by atoms with E-state index in [1.54, 1.807) is 0 Å². The van der Waals surface area contributed by atoms with E-state index >= 15 is 0 Å². The molecule has 0 bridgehead atoms. The number of carbonyl (C=O) groups is 1. The first-order valence-corrected chi connectivity index (χ1v) is 8.12. The SMILES string of the molecule is CCNC(C)(CCCOCC1CCCC1)C(=O)OCC. The topological polar surface area (TPSA) is 47.6 Å². The molecule has 118 valence electrons. The van der Waals surface area contributed by atoms with Crippen LogP contribution in [0, 0.1) is 5.92 Å². The fraction of sp³-hybridized carbons (Fsp3) is 0.938. The standard InChI is InChI=1S/C16H31NO3/c1-4-17-16(3,15(18)20-5-2)11-8-12-19-13-14-9-6-7-10-14/h14,17H,4-13H2,1-3H3. The van der Waals surface area contributed by atoms with Crippen molar-refractivity contribution in [2.75, 3.05) is 26.4 Å². The Morgan fingerprint density at radius 3 is 2.60 bits per heavy atom. The Morgan fingerprint density at radius 1 is 1.30 bits per heavy atom. The van der Waals surface area contributed by atoms with Gasteiger partial charge >= 0.3 is 5.97 Å². The van der Waals surface area contributed by atoms with Gasteiger partial charge in [0.25, 0.3) is 0 Å². The highest BCUT2D eigenvalue weighted by atomic mass is 16.5. The molecule has 20 heavy (non-hydrogen) atoms. The minimum Gasteiger partial charge on any atom is -0.465 e. The first-order valence-electron chi connectivity index (χ1n) is 8.12. The minimum atomic E-state index is -0.582. The van der Waals surface area contributed by atoms with E-state index in [0.717, 1.165) is 38.5 Å². The Hall–Kier alpha value is -0.610. The predicted octanol–water partition coefficient (Wildman–Crippen LogP) is 2.90. The Morgan fingerprint density at radius 2 is 2.00 bits per heavy atom. The van der Waals surface area contributed by atoms with Crippen LogP contribution in [0.15, 0.2) is 0 Å². The zero-order valence-corrected chi connectivity index (χ0v) is 13.4. The molecule has 1 saturated carbocycles. The van der Waals surface area contributed by atoms with Gasteiger partial charge in [-0.15, -0.1) is 0 Å². The zero-order chi connectivity index (χ0) is 14.8. The molecular weight excluding hydrogens is 254 g/mol. The number of esters is 1. The normalized spacial score (nSPS) is 18.9. The summed E-state index contributed by atoms with van der Waals surface area (Å²) in [5.41, 5.74) is -0.582. The summed E-state index contributed by atoms with van der Waals surface area (Å²) in [5.74, 6) is 0.609. The van der Waals surface area contributed by atoms with Gasteiger partial charge in [0.05, 0.1) is 6.61 Å². The average molecular weight is 285 g/mol. The van der Waals surface area contributed by atoms with E-state index in [0.29, 0.717) is 6.61 Å². The fourth-order valence-electron chi connectivity index (χ4n) is 2.90. The van der Waals surface area contributed by atoms with Gasteiger partial charge in [-0.25, -0.2) is 0 Å². The van der Waals surface area contributed by atoms with Gasteiger partial charge in [0.15, 0.2) is 0 Å². The van der Waals surface area contributed by atoms with Crippen molar-refractivity contribution in [2.24, 2.45) is 5.92 Å². The van der Waals surface area contributed by atoms with Crippen molar-refractivity contribution in [3.8, 4) is 0 Å². The summed E-state index contributed by atoms with van der Waals surface area (Å²) in [7, 11) is 0. The lowest BCUT2D eigenvalue weighted by Gasteiger charge is -2.28. The second-order valence-electron chi connectivity index (χ2n) is 5.91. The Labute approximate surface area is 123 Å². The smallest absolute Gasteiger partial charge is 0.326 e. The van der Waals surface area contributed by atoms with Gasteiger partial charge in [0.1, 0.15) is 5.54 Å². The molecule has 0 heterocycles. The van der Waals surface area contributed by atoms with Gasteiger partial charge in [-0.1, -0.05) is 19.8 Å². The van der Waals surface area contributed by atoms with Crippen LogP contribution in [0.25, 0.3) is 0 Å². The molecule has 0 aromatic heterocycles. The van der Waals surface area contributed by atoms with Gasteiger partial charge in [-0.3, -0.25) is 4.79 Å². The summed E-state index contributed by atoms with van der Waals surface area (Å²) in [5, 5.41) is 3.25. The lowest BCUT2D eigenvalue weighted by atomic mass is 9.96. The summed E-state index contributed by atoms with van der Waals surface area (Å²) in [6.07, 6.45) is 6.99. The average Bonchev–Trinajstić information content (AvgIpc) is 2.92. The zero-order valence-electron chi connectivity index (χ0n) is 13.4. The molecular formula is C16H31NO3. The maximum atomic E-state index is 12.0. The summed E-state index contributed by atoms with van der Waals surface area (Å²) in [6, 6.07) is 0. The van der Waals surface area contributed by atoms with Crippen LogP contribution in [0.5, 0.6) is 0 Å². The highest BCUT2D eigenvalue weighted by Crippen LogP contribution is 2.24. The molecule has 0 radical (unpaired) electrons. The van der Waals surface area contributed by atoms with E-state index in [4.69, 9.17) is 9.47 Å². The molecule has 0 amide bonds. The maximum absolute atomic E-state index is 12.0. The third kappa shape index (κ3) is 5.80. The van der Waals surface area contributed by atoms with Crippen molar-refractivity contribution in [1.29, 1.82) is 0 Å². The molecule has 1 unspecified atom stereocenters. The number of hydrogen-bond acceptors (Lipinski definition) is 4. The fourth-order valence-corrected chi connectivity index (χ4v) is 2.90. The lowest BCUT2D eigenvalue weighted by Crippen LogP contribution is -2.50. The number of hydrogen-bond donors (Lipinski definition) is 1. The second-order valence-corrected chi connectivity index (χ2v) is 5.91. The molecule has 0 aromatic rings. The van der Waals surface area contributed by atoms with E-state index < -0.39 is 5.54 Å². The van der Waals surface area contributed by atoms with E-state index in [1.807, 2.05) is 20.8 Å². The summed E-state index contributed by atoms with van der Waals surface area (Å²) in [6.45, 7) is 8.58. The molecule has 1 fully saturated rings. The molecule has 0 spiro atoms. The first-order chi connectivity index (χ1) is 9.62. The first kappa shape index (κ1) is 17.4. The quantitative estimate of drug-likeness (QED) is 0.495. The summed E-state index contributed by atoms with van der Waals surface area (Å²) >= 11 is 0. The summed E-state index contributed by atoms with van der Waals surface area (Å²) in [4.78, 5) is 12.0. The number of nitrogens with one attached hydrogen (secondary N) is 1.